The lowest BCUT2D eigenvalue weighted by molar-refractivity contribution is -0.0344. The monoisotopic (exact) mass is 344 g/mol. The molecule has 24 heavy (non-hydrogen) atoms. The molecule has 2 N–H and O–H groups in total. The van der Waals surface area contributed by atoms with Gasteiger partial charge in [0, 0.05) is 6.61 Å². The zero-order valence-electron chi connectivity index (χ0n) is 16.8. The summed E-state index contributed by atoms with van der Waals surface area (Å²) in [4.78, 5) is 0. The largest absolute Gasteiger partial charge is 0.516 e. The molecule has 0 spiro atoms. The fourth-order valence-corrected chi connectivity index (χ4v) is 2.58. The van der Waals surface area contributed by atoms with E-state index in [4.69, 9.17) is 14.9 Å². The molecular weight excluding hydrogens is 300 g/mol. The number of ether oxygens (including phenoxy) is 1. The molecule has 0 radical (unpaired) electrons. The molecule has 2 atom stereocenters. The maximum absolute atomic E-state index is 8.68. The summed E-state index contributed by atoms with van der Waals surface area (Å²) < 4.78 is 5.25. The Morgan fingerprint density at radius 1 is 0.958 bits per heavy atom. The van der Waals surface area contributed by atoms with Gasteiger partial charge in [-0.1, -0.05) is 84.6 Å². The summed E-state index contributed by atoms with van der Waals surface area (Å²) in [5.74, 6) is 0.732. The molecule has 1 aliphatic heterocycles. The van der Waals surface area contributed by atoms with Crippen LogP contribution in [0.25, 0.3) is 0 Å². The van der Waals surface area contributed by atoms with Gasteiger partial charge in [0.1, 0.15) is 0 Å². The number of aliphatic hydroxyl groups is 2. The molecule has 1 heterocycles. The molecule has 1 saturated heterocycles. The number of allylic oxidation sites excluding steroid dienone is 1. The fraction of sp³-hybridized carbons (Fsp3) is 0.905. The summed E-state index contributed by atoms with van der Waals surface area (Å²) >= 11 is 0. The molecule has 0 aromatic rings. The molecule has 1 rings (SSSR count). The van der Waals surface area contributed by atoms with Crippen molar-refractivity contribution in [2.45, 2.75) is 104 Å². The van der Waals surface area contributed by atoms with Crippen molar-refractivity contribution in [3.63, 3.8) is 0 Å². The Bertz CT molecular complexity index is 229. The van der Waals surface area contributed by atoms with Gasteiger partial charge in [0.25, 0.3) is 0 Å². The lowest BCUT2D eigenvalue weighted by atomic mass is 9.98. The van der Waals surface area contributed by atoms with E-state index in [0.29, 0.717) is 0 Å². The van der Waals surface area contributed by atoms with Crippen molar-refractivity contribution < 1.29 is 14.9 Å². The van der Waals surface area contributed by atoms with Crippen molar-refractivity contribution in [3.8, 4) is 0 Å². The average molecular weight is 345 g/mol. The second-order valence-corrected chi connectivity index (χ2v) is 6.76. The number of aliphatic hydroxyl groups excluding tert-OH is 2. The normalized spacial score (nSPS) is 20.0. The highest BCUT2D eigenvalue weighted by atomic mass is 16.5. The van der Waals surface area contributed by atoms with Crippen LogP contribution < -0.4 is 0 Å². The molecule has 3 heteroatoms. The Morgan fingerprint density at radius 3 is 1.71 bits per heavy atom. The zero-order chi connectivity index (χ0) is 18.5. The van der Waals surface area contributed by atoms with E-state index in [1.165, 1.54) is 57.8 Å². The topological polar surface area (TPSA) is 49.7 Å². The highest BCUT2D eigenvalue weighted by molar-refractivity contribution is 4.66. The molecule has 0 bridgehead atoms. The van der Waals surface area contributed by atoms with Crippen LogP contribution in [0.3, 0.4) is 0 Å². The van der Waals surface area contributed by atoms with Gasteiger partial charge in [-0.25, -0.2) is 0 Å². The van der Waals surface area contributed by atoms with Gasteiger partial charge in [-0.15, -0.1) is 0 Å². The maximum atomic E-state index is 8.68. The van der Waals surface area contributed by atoms with Gasteiger partial charge in [0.2, 0.25) is 0 Å². The summed E-state index contributed by atoms with van der Waals surface area (Å²) in [5.41, 5.74) is 0. The third-order valence-corrected chi connectivity index (χ3v) is 4.19. The summed E-state index contributed by atoms with van der Waals surface area (Å²) in [7, 11) is 0. The third-order valence-electron chi connectivity index (χ3n) is 4.19. The number of unbranched alkanes of at least 4 members (excludes halogenated alkanes) is 8. The molecule has 3 nitrogen and oxygen atoms in total. The number of rotatable bonds is 9. The summed E-state index contributed by atoms with van der Waals surface area (Å²) in [5, 5.41) is 16.4. The van der Waals surface area contributed by atoms with Gasteiger partial charge < -0.3 is 14.9 Å². The van der Waals surface area contributed by atoms with Crippen molar-refractivity contribution in [2.24, 2.45) is 5.92 Å². The first-order valence-corrected chi connectivity index (χ1v) is 10.1. The highest BCUT2D eigenvalue weighted by Gasteiger charge is 2.17. The van der Waals surface area contributed by atoms with E-state index in [1.807, 2.05) is 0 Å². The fourth-order valence-electron chi connectivity index (χ4n) is 2.58. The van der Waals surface area contributed by atoms with E-state index in [-0.39, 0.29) is 12.7 Å². The first-order valence-electron chi connectivity index (χ1n) is 10.1. The predicted octanol–water partition coefficient (Wildman–Crippen LogP) is 6.41. The molecule has 0 amide bonds. The molecule has 1 aliphatic rings. The molecule has 0 aliphatic carbocycles. The zero-order valence-corrected chi connectivity index (χ0v) is 16.8. The van der Waals surface area contributed by atoms with Crippen molar-refractivity contribution in [3.05, 3.63) is 12.3 Å². The Morgan fingerprint density at radius 2 is 1.42 bits per heavy atom. The summed E-state index contributed by atoms with van der Waals surface area (Å²) in [6.07, 6.45) is 17.8. The van der Waals surface area contributed by atoms with Crippen LogP contribution in [-0.2, 0) is 4.74 Å². The molecule has 0 aromatic heterocycles. The van der Waals surface area contributed by atoms with Crippen molar-refractivity contribution in [1.82, 2.24) is 0 Å². The van der Waals surface area contributed by atoms with Crippen LogP contribution in [0.1, 0.15) is 98.3 Å². The van der Waals surface area contributed by atoms with E-state index < -0.39 is 0 Å². The van der Waals surface area contributed by atoms with Gasteiger partial charge in [0.15, 0.2) is 0 Å². The minimum absolute atomic E-state index is 0.119. The smallest absolute Gasteiger partial charge is 0.0808 e. The lowest BCUT2D eigenvalue weighted by Gasteiger charge is -2.25. The van der Waals surface area contributed by atoms with Crippen LogP contribution in [0.2, 0.25) is 0 Å². The minimum atomic E-state index is 0.119. The summed E-state index contributed by atoms with van der Waals surface area (Å²) in [6, 6.07) is 0. The highest BCUT2D eigenvalue weighted by Crippen LogP contribution is 2.18. The van der Waals surface area contributed by atoms with Crippen LogP contribution >= 0.6 is 0 Å². The Labute approximate surface area is 151 Å². The molecule has 0 saturated carbocycles. The van der Waals surface area contributed by atoms with Crippen LogP contribution in [0.5, 0.6) is 0 Å². The molecule has 0 aromatic carbocycles. The van der Waals surface area contributed by atoms with Gasteiger partial charge in [-0.2, -0.15) is 0 Å². The Kier molecular flexibility index (Phi) is 24.0. The Hall–Kier alpha value is -0.540. The van der Waals surface area contributed by atoms with E-state index >= 15 is 0 Å². The van der Waals surface area contributed by atoms with Crippen molar-refractivity contribution in [1.29, 1.82) is 0 Å². The standard InChI is InChI=1S/C11H24.C7H14O2.C3H6O/c1-3-5-7-9-11-10-8-6-4-2;1-6-2-3-9-7(4-6)5-8;1-2-3-4/h3-11H2,1-2H3;6-8H,2-5H2,1H3;2-4H,1H3/b;;3-2-. The third kappa shape index (κ3) is 21.5. The number of hydrogen-bond donors (Lipinski definition) is 2. The molecule has 146 valence electrons. The van der Waals surface area contributed by atoms with Gasteiger partial charge in [-0.3, -0.25) is 0 Å². The maximum Gasteiger partial charge on any atom is 0.0808 e. The van der Waals surface area contributed by atoms with Crippen LogP contribution in [0.4, 0.5) is 0 Å². The lowest BCUT2D eigenvalue weighted by Crippen LogP contribution is -2.26. The van der Waals surface area contributed by atoms with Crippen molar-refractivity contribution >= 4 is 0 Å². The van der Waals surface area contributed by atoms with Gasteiger partial charge in [0.05, 0.1) is 19.0 Å². The Balaban J connectivity index is 0. The van der Waals surface area contributed by atoms with Gasteiger partial charge >= 0.3 is 0 Å². The minimum Gasteiger partial charge on any atom is -0.516 e. The number of hydrogen-bond acceptors (Lipinski definition) is 3. The van der Waals surface area contributed by atoms with E-state index in [2.05, 4.69) is 20.8 Å². The first kappa shape index (κ1) is 25.7. The molecule has 2 unspecified atom stereocenters. The van der Waals surface area contributed by atoms with Crippen LogP contribution in [0.15, 0.2) is 12.3 Å². The van der Waals surface area contributed by atoms with E-state index in [0.717, 1.165) is 31.6 Å². The predicted molar refractivity (Wildman–Crippen MR) is 106 cm³/mol. The molecular formula is C21H44O3. The van der Waals surface area contributed by atoms with E-state index in [1.54, 1.807) is 13.0 Å². The van der Waals surface area contributed by atoms with Crippen LogP contribution in [0, 0.1) is 5.92 Å². The first-order chi connectivity index (χ1) is 11.7. The second-order valence-electron chi connectivity index (χ2n) is 6.76. The SMILES string of the molecule is C/C=C\O.CC1CCOC(CO)C1.CCCCCCCCCCC. The average Bonchev–Trinajstić information content (AvgIpc) is 2.62. The van der Waals surface area contributed by atoms with Crippen LogP contribution in [-0.4, -0.2) is 29.5 Å². The quantitative estimate of drug-likeness (QED) is 0.375. The summed E-state index contributed by atoms with van der Waals surface area (Å²) in [6.45, 7) is 9.51. The van der Waals surface area contributed by atoms with E-state index in [9.17, 15) is 0 Å². The van der Waals surface area contributed by atoms with Gasteiger partial charge in [-0.05, 0) is 25.7 Å². The van der Waals surface area contributed by atoms with Crippen molar-refractivity contribution in [2.75, 3.05) is 13.2 Å². The molecule has 1 fully saturated rings. The second kappa shape index (κ2) is 22.5.